The third-order valence-corrected chi connectivity index (χ3v) is 5.19. The molecule has 2 aromatic carbocycles. The van der Waals surface area contributed by atoms with Crippen LogP contribution in [-0.2, 0) is 0 Å². The standard InChI is InChI=1S/C21H22ClFN2O4/c1-28-17-8-7-14(13-18(17)29-2)20(26)24-9-4-10-25(12-11-24)21(27)19-15(22)5-3-6-16(19)23/h3,5-8,13H,4,9-12H2,1-2H3. The van der Waals surface area contributed by atoms with Gasteiger partial charge < -0.3 is 19.3 Å². The van der Waals surface area contributed by atoms with Gasteiger partial charge in [-0.1, -0.05) is 17.7 Å². The molecule has 0 atom stereocenters. The molecule has 6 nitrogen and oxygen atoms in total. The second-order valence-electron chi connectivity index (χ2n) is 6.60. The molecule has 0 saturated carbocycles. The zero-order chi connectivity index (χ0) is 21.0. The highest BCUT2D eigenvalue weighted by atomic mass is 35.5. The first-order valence-electron chi connectivity index (χ1n) is 9.21. The van der Waals surface area contributed by atoms with Crippen LogP contribution in [0.4, 0.5) is 4.39 Å². The Bertz CT molecular complexity index is 901. The Morgan fingerprint density at radius 3 is 2.21 bits per heavy atom. The van der Waals surface area contributed by atoms with Crippen LogP contribution >= 0.6 is 11.6 Å². The molecular weight excluding hydrogens is 399 g/mol. The van der Waals surface area contributed by atoms with Crippen LogP contribution in [-0.4, -0.2) is 62.0 Å². The average Bonchev–Trinajstić information content (AvgIpc) is 2.98. The van der Waals surface area contributed by atoms with Gasteiger partial charge >= 0.3 is 0 Å². The van der Waals surface area contributed by atoms with Gasteiger partial charge in [-0.2, -0.15) is 0 Å². The molecule has 29 heavy (non-hydrogen) atoms. The molecule has 2 aromatic rings. The Morgan fingerprint density at radius 2 is 1.59 bits per heavy atom. The van der Waals surface area contributed by atoms with Gasteiger partial charge in [0.25, 0.3) is 11.8 Å². The van der Waals surface area contributed by atoms with E-state index >= 15 is 0 Å². The van der Waals surface area contributed by atoms with Crippen LogP contribution < -0.4 is 9.47 Å². The Hall–Kier alpha value is -2.80. The molecule has 0 aliphatic carbocycles. The number of hydrogen-bond donors (Lipinski definition) is 0. The first-order chi connectivity index (χ1) is 14.0. The van der Waals surface area contributed by atoms with Crippen LogP contribution in [0.2, 0.25) is 5.02 Å². The van der Waals surface area contributed by atoms with E-state index in [0.29, 0.717) is 49.7 Å². The van der Waals surface area contributed by atoms with E-state index in [1.54, 1.807) is 23.1 Å². The van der Waals surface area contributed by atoms with E-state index in [1.165, 1.54) is 37.3 Å². The molecule has 154 valence electrons. The maximum Gasteiger partial charge on any atom is 0.258 e. The minimum atomic E-state index is -0.648. The first-order valence-corrected chi connectivity index (χ1v) is 9.58. The summed E-state index contributed by atoms with van der Waals surface area (Å²) in [6, 6.07) is 9.15. The molecule has 8 heteroatoms. The molecule has 1 aliphatic rings. The van der Waals surface area contributed by atoms with Crippen molar-refractivity contribution in [1.82, 2.24) is 9.80 Å². The van der Waals surface area contributed by atoms with E-state index in [1.807, 2.05) is 0 Å². The van der Waals surface area contributed by atoms with Crippen molar-refractivity contribution in [2.75, 3.05) is 40.4 Å². The van der Waals surface area contributed by atoms with Crippen LogP contribution in [0.5, 0.6) is 11.5 Å². The van der Waals surface area contributed by atoms with E-state index in [0.717, 1.165) is 0 Å². The number of nitrogens with zero attached hydrogens (tertiary/aromatic N) is 2. The highest BCUT2D eigenvalue weighted by Crippen LogP contribution is 2.28. The summed E-state index contributed by atoms with van der Waals surface area (Å²) in [5, 5.41) is 0.0810. The lowest BCUT2D eigenvalue weighted by Crippen LogP contribution is -2.37. The summed E-state index contributed by atoms with van der Waals surface area (Å²) in [6.45, 7) is 1.54. The van der Waals surface area contributed by atoms with E-state index in [4.69, 9.17) is 21.1 Å². The van der Waals surface area contributed by atoms with Crippen molar-refractivity contribution in [2.24, 2.45) is 0 Å². The summed E-state index contributed by atoms with van der Waals surface area (Å²) < 4.78 is 24.6. The van der Waals surface area contributed by atoms with Crippen LogP contribution in [0.25, 0.3) is 0 Å². The molecule has 1 fully saturated rings. The predicted octanol–water partition coefficient (Wildman–Crippen LogP) is 3.48. The van der Waals surface area contributed by atoms with Crippen LogP contribution in [0.3, 0.4) is 0 Å². The average molecular weight is 421 g/mol. The lowest BCUT2D eigenvalue weighted by atomic mass is 10.1. The summed E-state index contributed by atoms with van der Waals surface area (Å²) in [7, 11) is 3.04. The van der Waals surface area contributed by atoms with Gasteiger partial charge in [-0.25, -0.2) is 4.39 Å². The molecule has 2 amide bonds. The summed E-state index contributed by atoms with van der Waals surface area (Å²) in [5.41, 5.74) is 0.341. The fourth-order valence-electron chi connectivity index (χ4n) is 3.34. The maximum absolute atomic E-state index is 14.1. The lowest BCUT2D eigenvalue weighted by molar-refractivity contribution is 0.0716. The van der Waals surface area contributed by atoms with Crippen LogP contribution in [0.15, 0.2) is 36.4 Å². The molecular formula is C21H22ClFN2O4. The Morgan fingerprint density at radius 1 is 0.931 bits per heavy atom. The SMILES string of the molecule is COc1ccc(C(=O)N2CCCN(C(=O)c3c(F)cccc3Cl)CC2)cc1OC. The number of carbonyl (C=O) groups is 2. The minimum absolute atomic E-state index is 0.0810. The Kier molecular flexibility index (Phi) is 6.59. The fourth-order valence-corrected chi connectivity index (χ4v) is 3.58. The van der Waals surface area contributed by atoms with E-state index < -0.39 is 11.7 Å². The highest BCUT2D eigenvalue weighted by Gasteiger charge is 2.26. The Balaban J connectivity index is 1.73. The third kappa shape index (κ3) is 4.45. The van der Waals surface area contributed by atoms with Crippen LogP contribution in [0.1, 0.15) is 27.1 Å². The van der Waals surface area contributed by atoms with Gasteiger partial charge in [0.05, 0.1) is 24.8 Å². The molecule has 0 radical (unpaired) electrons. The number of ether oxygens (including phenoxy) is 2. The summed E-state index contributed by atoms with van der Waals surface area (Å²) in [6.07, 6.45) is 0.580. The highest BCUT2D eigenvalue weighted by molar-refractivity contribution is 6.33. The van der Waals surface area contributed by atoms with Gasteiger partial charge in [-0.05, 0) is 36.8 Å². The van der Waals surface area contributed by atoms with Gasteiger partial charge in [0.2, 0.25) is 0 Å². The lowest BCUT2D eigenvalue weighted by Gasteiger charge is -2.23. The smallest absolute Gasteiger partial charge is 0.258 e. The fraction of sp³-hybridized carbons (Fsp3) is 0.333. The second kappa shape index (κ2) is 9.13. The summed E-state index contributed by atoms with van der Waals surface area (Å²) in [5.74, 6) is -0.264. The van der Waals surface area contributed by atoms with Gasteiger partial charge in [0.1, 0.15) is 5.82 Å². The summed E-state index contributed by atoms with van der Waals surface area (Å²) >= 11 is 6.02. The molecule has 1 heterocycles. The minimum Gasteiger partial charge on any atom is -0.493 e. The number of methoxy groups -OCH3 is 2. The van der Waals surface area contributed by atoms with Gasteiger partial charge in [-0.3, -0.25) is 9.59 Å². The second-order valence-corrected chi connectivity index (χ2v) is 7.01. The van der Waals surface area contributed by atoms with Crippen molar-refractivity contribution < 1.29 is 23.5 Å². The molecule has 1 aliphatic heterocycles. The van der Waals surface area contributed by atoms with Crippen molar-refractivity contribution in [3.05, 3.63) is 58.4 Å². The topological polar surface area (TPSA) is 59.1 Å². The van der Waals surface area contributed by atoms with Gasteiger partial charge in [-0.15, -0.1) is 0 Å². The van der Waals surface area contributed by atoms with Crippen molar-refractivity contribution in [3.8, 4) is 11.5 Å². The zero-order valence-electron chi connectivity index (χ0n) is 16.3. The molecule has 0 aromatic heterocycles. The van der Waals surface area contributed by atoms with E-state index in [-0.39, 0.29) is 16.5 Å². The molecule has 0 N–H and O–H groups in total. The quantitative estimate of drug-likeness (QED) is 0.759. The van der Waals surface area contributed by atoms with Gasteiger partial charge in [0, 0.05) is 31.7 Å². The number of benzene rings is 2. The monoisotopic (exact) mass is 420 g/mol. The largest absolute Gasteiger partial charge is 0.493 e. The number of rotatable bonds is 4. The number of halogens is 2. The molecule has 0 bridgehead atoms. The predicted molar refractivity (Wildman–Crippen MR) is 107 cm³/mol. The summed E-state index contributed by atoms with van der Waals surface area (Å²) in [4.78, 5) is 28.9. The molecule has 0 unspecified atom stereocenters. The number of carbonyl (C=O) groups excluding carboxylic acids is 2. The molecule has 0 spiro atoms. The Labute approximate surface area is 173 Å². The zero-order valence-corrected chi connectivity index (χ0v) is 17.0. The number of hydrogen-bond acceptors (Lipinski definition) is 4. The van der Waals surface area contributed by atoms with Crippen molar-refractivity contribution in [3.63, 3.8) is 0 Å². The van der Waals surface area contributed by atoms with E-state index in [9.17, 15) is 14.0 Å². The first kappa shape index (κ1) is 20.9. The van der Waals surface area contributed by atoms with Crippen molar-refractivity contribution in [1.29, 1.82) is 0 Å². The normalized spacial score (nSPS) is 14.3. The number of amides is 2. The van der Waals surface area contributed by atoms with Crippen molar-refractivity contribution >= 4 is 23.4 Å². The molecule has 1 saturated heterocycles. The van der Waals surface area contributed by atoms with Gasteiger partial charge in [0.15, 0.2) is 11.5 Å². The third-order valence-electron chi connectivity index (χ3n) is 4.88. The van der Waals surface area contributed by atoms with Crippen LogP contribution in [0, 0.1) is 5.82 Å². The van der Waals surface area contributed by atoms with E-state index in [2.05, 4.69) is 0 Å². The van der Waals surface area contributed by atoms with Crippen molar-refractivity contribution in [2.45, 2.75) is 6.42 Å². The maximum atomic E-state index is 14.1. The molecule has 3 rings (SSSR count).